The van der Waals surface area contributed by atoms with Gasteiger partial charge in [-0.15, -0.1) is 0 Å². The zero-order chi connectivity index (χ0) is 22.4. The fraction of sp³-hybridized carbons (Fsp3) is 0.391. The molecule has 0 aliphatic heterocycles. The van der Waals surface area contributed by atoms with Gasteiger partial charge in [0.05, 0.1) is 11.8 Å². The predicted octanol–water partition coefficient (Wildman–Crippen LogP) is 4.51. The van der Waals surface area contributed by atoms with Crippen LogP contribution in [0, 0.1) is 12.7 Å². The molecule has 1 aromatic heterocycles. The van der Waals surface area contributed by atoms with E-state index in [4.69, 9.17) is 14.5 Å². The third-order valence-electron chi connectivity index (χ3n) is 5.17. The largest absolute Gasteiger partial charge is 0.494 e. The van der Waals surface area contributed by atoms with Crippen LogP contribution in [0.1, 0.15) is 19.4 Å². The number of hydrogen-bond acceptors (Lipinski definition) is 6. The van der Waals surface area contributed by atoms with Crippen LogP contribution in [0.2, 0.25) is 0 Å². The average molecular weight is 446 g/mol. The Bertz CT molecular complexity index is 1040. The summed E-state index contributed by atoms with van der Waals surface area (Å²) in [7, 11) is 1.61. The fourth-order valence-electron chi connectivity index (χ4n) is 3.27. The van der Waals surface area contributed by atoms with Crippen molar-refractivity contribution in [3.63, 3.8) is 0 Å². The average Bonchev–Trinajstić information content (AvgIpc) is 3.22. The lowest BCUT2D eigenvalue weighted by atomic mass is 10.2. The second kappa shape index (κ2) is 10.5. The highest BCUT2D eigenvalue weighted by molar-refractivity contribution is 7.22. The molecule has 0 bridgehead atoms. The molecule has 0 atom stereocenters. The Labute approximate surface area is 186 Å². The number of para-hydroxylation sites is 1. The lowest BCUT2D eigenvalue weighted by Crippen LogP contribution is -2.41. The van der Waals surface area contributed by atoms with Gasteiger partial charge in [-0.05, 0) is 43.8 Å². The number of thiazole rings is 1. The Morgan fingerprint density at radius 2 is 1.84 bits per heavy atom. The number of hydrogen-bond donors (Lipinski definition) is 0. The molecule has 6 nitrogen and oxygen atoms in total. The Morgan fingerprint density at radius 1 is 1.10 bits per heavy atom. The second-order valence-electron chi connectivity index (χ2n) is 7.05. The Morgan fingerprint density at radius 3 is 2.52 bits per heavy atom. The van der Waals surface area contributed by atoms with Crippen LogP contribution in [-0.2, 0) is 4.79 Å². The number of rotatable bonds is 10. The minimum atomic E-state index is -0.495. The number of anilines is 1. The third kappa shape index (κ3) is 5.32. The van der Waals surface area contributed by atoms with Gasteiger partial charge in [0.25, 0.3) is 5.91 Å². The number of halogens is 1. The van der Waals surface area contributed by atoms with Gasteiger partial charge in [0, 0.05) is 13.1 Å². The minimum absolute atomic E-state index is 0.0568. The molecule has 0 saturated heterocycles. The third-order valence-corrected chi connectivity index (χ3v) is 6.38. The molecular formula is C23H28FN3O3S. The summed E-state index contributed by atoms with van der Waals surface area (Å²) in [5.74, 6) is -0.0420. The zero-order valence-corrected chi connectivity index (χ0v) is 19.2. The standard InChI is InChI=1S/C23H28FN3O3S/c1-5-26(6-2)13-14-27(20(28)15-30-18-10-8-7-9-17(18)24)23-25-21-19(29-4)12-11-16(3)22(21)31-23/h7-12H,5-6,13-15H2,1-4H3. The maximum absolute atomic E-state index is 13.9. The summed E-state index contributed by atoms with van der Waals surface area (Å²) in [6.07, 6.45) is 0. The van der Waals surface area contributed by atoms with Crippen molar-refractivity contribution < 1.29 is 18.7 Å². The van der Waals surface area contributed by atoms with Gasteiger partial charge in [-0.25, -0.2) is 9.37 Å². The molecule has 0 fully saturated rings. The van der Waals surface area contributed by atoms with Crippen molar-refractivity contribution in [2.24, 2.45) is 0 Å². The predicted molar refractivity (Wildman–Crippen MR) is 123 cm³/mol. The van der Waals surface area contributed by atoms with Crippen molar-refractivity contribution >= 4 is 32.6 Å². The molecule has 8 heteroatoms. The number of ether oxygens (including phenoxy) is 2. The van der Waals surface area contributed by atoms with Crippen molar-refractivity contribution in [3.8, 4) is 11.5 Å². The normalized spacial score (nSPS) is 11.2. The van der Waals surface area contributed by atoms with E-state index in [9.17, 15) is 9.18 Å². The van der Waals surface area contributed by atoms with Crippen LogP contribution in [-0.4, -0.2) is 55.7 Å². The molecule has 3 aromatic rings. The SMILES string of the molecule is CCN(CC)CCN(C(=O)COc1ccccc1F)c1nc2c(OC)ccc(C)c2s1. The highest BCUT2D eigenvalue weighted by Crippen LogP contribution is 2.36. The van der Waals surface area contributed by atoms with Crippen LogP contribution >= 0.6 is 11.3 Å². The summed E-state index contributed by atoms with van der Waals surface area (Å²) in [4.78, 5) is 21.7. The topological polar surface area (TPSA) is 54.9 Å². The Balaban J connectivity index is 1.88. The number of aryl methyl sites for hydroxylation is 1. The zero-order valence-electron chi connectivity index (χ0n) is 18.4. The molecule has 31 heavy (non-hydrogen) atoms. The van der Waals surface area contributed by atoms with Crippen LogP contribution in [0.25, 0.3) is 10.2 Å². The monoisotopic (exact) mass is 445 g/mol. The number of carbonyl (C=O) groups excluding carboxylic acids is 1. The highest BCUT2D eigenvalue weighted by atomic mass is 32.1. The number of methoxy groups -OCH3 is 1. The number of carbonyl (C=O) groups is 1. The maximum atomic E-state index is 13.9. The molecule has 1 heterocycles. The number of fused-ring (bicyclic) bond motifs is 1. The van der Waals surface area contributed by atoms with E-state index in [0.717, 1.165) is 28.9 Å². The lowest BCUT2D eigenvalue weighted by Gasteiger charge is -2.24. The second-order valence-corrected chi connectivity index (χ2v) is 8.03. The Hall–Kier alpha value is -2.71. The summed E-state index contributed by atoms with van der Waals surface area (Å²) in [5.41, 5.74) is 1.80. The van der Waals surface area contributed by atoms with Gasteiger partial charge in [-0.2, -0.15) is 0 Å². The van der Waals surface area contributed by atoms with E-state index in [1.165, 1.54) is 23.5 Å². The van der Waals surface area contributed by atoms with Gasteiger partial charge in [-0.1, -0.05) is 43.4 Å². The maximum Gasteiger partial charge on any atom is 0.266 e. The van der Waals surface area contributed by atoms with E-state index < -0.39 is 5.82 Å². The smallest absolute Gasteiger partial charge is 0.266 e. The first-order valence-electron chi connectivity index (χ1n) is 10.3. The molecule has 0 radical (unpaired) electrons. The molecule has 0 unspecified atom stereocenters. The first-order valence-corrected chi connectivity index (χ1v) is 11.1. The molecule has 0 aliphatic rings. The van der Waals surface area contributed by atoms with E-state index in [-0.39, 0.29) is 18.3 Å². The summed E-state index contributed by atoms with van der Waals surface area (Å²) in [5, 5.41) is 0.580. The van der Waals surface area contributed by atoms with Gasteiger partial charge in [0.15, 0.2) is 23.3 Å². The van der Waals surface area contributed by atoms with Gasteiger partial charge in [-0.3, -0.25) is 9.69 Å². The van der Waals surface area contributed by atoms with Crippen molar-refractivity contribution in [1.82, 2.24) is 9.88 Å². The van der Waals surface area contributed by atoms with Crippen LogP contribution in [0.4, 0.5) is 9.52 Å². The molecule has 0 saturated carbocycles. The minimum Gasteiger partial charge on any atom is -0.494 e. The van der Waals surface area contributed by atoms with E-state index in [0.29, 0.717) is 24.0 Å². The fourth-order valence-corrected chi connectivity index (χ4v) is 4.36. The van der Waals surface area contributed by atoms with E-state index in [1.54, 1.807) is 24.1 Å². The van der Waals surface area contributed by atoms with Gasteiger partial charge < -0.3 is 14.4 Å². The lowest BCUT2D eigenvalue weighted by molar-refractivity contribution is -0.120. The van der Waals surface area contributed by atoms with Crippen molar-refractivity contribution in [3.05, 3.63) is 47.8 Å². The molecule has 2 aromatic carbocycles. The van der Waals surface area contributed by atoms with Crippen LogP contribution in [0.3, 0.4) is 0 Å². The van der Waals surface area contributed by atoms with E-state index >= 15 is 0 Å². The molecule has 0 aliphatic carbocycles. The number of likely N-dealkylation sites (N-methyl/N-ethyl adjacent to an activating group) is 1. The summed E-state index contributed by atoms with van der Waals surface area (Å²) >= 11 is 1.45. The number of amides is 1. The number of benzene rings is 2. The molecule has 1 amide bonds. The molecular weight excluding hydrogens is 417 g/mol. The van der Waals surface area contributed by atoms with E-state index in [1.807, 2.05) is 19.1 Å². The van der Waals surface area contributed by atoms with Crippen molar-refractivity contribution in [1.29, 1.82) is 0 Å². The van der Waals surface area contributed by atoms with Gasteiger partial charge in [0.1, 0.15) is 11.3 Å². The van der Waals surface area contributed by atoms with Crippen LogP contribution in [0.15, 0.2) is 36.4 Å². The number of aromatic nitrogens is 1. The molecule has 3 rings (SSSR count). The Kier molecular flexibility index (Phi) is 7.81. The summed E-state index contributed by atoms with van der Waals surface area (Å²) in [6.45, 7) is 8.84. The van der Waals surface area contributed by atoms with Crippen LogP contribution in [0.5, 0.6) is 11.5 Å². The van der Waals surface area contributed by atoms with Gasteiger partial charge in [0.2, 0.25) is 0 Å². The first kappa shape index (κ1) is 23.0. The van der Waals surface area contributed by atoms with Crippen molar-refractivity contribution in [2.45, 2.75) is 20.8 Å². The summed E-state index contributed by atoms with van der Waals surface area (Å²) in [6, 6.07) is 9.92. The highest BCUT2D eigenvalue weighted by Gasteiger charge is 2.23. The quantitative estimate of drug-likeness (QED) is 0.460. The van der Waals surface area contributed by atoms with E-state index in [2.05, 4.69) is 18.7 Å². The summed E-state index contributed by atoms with van der Waals surface area (Å²) < 4.78 is 25.8. The molecule has 0 spiro atoms. The molecule has 0 N–H and O–H groups in total. The first-order chi connectivity index (χ1) is 15.0. The van der Waals surface area contributed by atoms with Crippen LogP contribution < -0.4 is 14.4 Å². The number of nitrogens with zero attached hydrogens (tertiary/aromatic N) is 3. The van der Waals surface area contributed by atoms with Crippen molar-refractivity contribution in [2.75, 3.05) is 44.8 Å². The van der Waals surface area contributed by atoms with Gasteiger partial charge >= 0.3 is 0 Å². The molecule has 166 valence electrons.